The fraction of sp³-hybridized carbons (Fsp3) is 0.105. The second-order valence-corrected chi connectivity index (χ2v) is 7.23. The second kappa shape index (κ2) is 7.94. The molecule has 1 saturated heterocycles. The van der Waals surface area contributed by atoms with E-state index in [-0.39, 0.29) is 10.5 Å². The molecule has 1 heterocycles. The zero-order chi connectivity index (χ0) is 19.6. The molecule has 2 aromatic rings. The molecule has 3 rings (SSSR count). The average molecular weight is 405 g/mol. The number of carbonyl (C=O) groups excluding carboxylic acids is 3. The molecule has 0 atom stereocenters. The number of amides is 3. The number of rotatable bonds is 4. The summed E-state index contributed by atoms with van der Waals surface area (Å²) >= 11 is 6.58. The van der Waals surface area contributed by atoms with E-state index in [9.17, 15) is 18.8 Å². The molecule has 1 N–H and O–H groups in total. The molecule has 0 bridgehead atoms. The van der Waals surface area contributed by atoms with Crippen molar-refractivity contribution in [2.45, 2.75) is 6.92 Å². The third kappa shape index (κ3) is 4.37. The van der Waals surface area contributed by atoms with Crippen molar-refractivity contribution in [3.8, 4) is 0 Å². The van der Waals surface area contributed by atoms with Crippen LogP contribution in [0, 0.1) is 12.7 Å². The predicted octanol–water partition coefficient (Wildman–Crippen LogP) is 4.46. The number of nitrogens with one attached hydrogen (secondary N) is 1. The minimum Gasteiger partial charge on any atom is -0.324 e. The molecule has 1 fully saturated rings. The van der Waals surface area contributed by atoms with Crippen molar-refractivity contribution in [1.82, 2.24) is 4.90 Å². The molecule has 0 spiro atoms. The maximum absolute atomic E-state index is 13.7. The van der Waals surface area contributed by atoms with Crippen LogP contribution >= 0.6 is 23.4 Å². The highest BCUT2D eigenvalue weighted by Gasteiger charge is 2.36. The normalized spacial score (nSPS) is 15.5. The van der Waals surface area contributed by atoms with Gasteiger partial charge in [-0.25, -0.2) is 4.39 Å². The number of halogens is 2. The lowest BCUT2D eigenvalue weighted by atomic mass is 10.2. The van der Waals surface area contributed by atoms with Crippen molar-refractivity contribution in [3.63, 3.8) is 0 Å². The van der Waals surface area contributed by atoms with Crippen molar-refractivity contribution in [2.24, 2.45) is 0 Å². The second-order valence-electron chi connectivity index (χ2n) is 5.80. The lowest BCUT2D eigenvalue weighted by molar-refractivity contribution is -0.127. The number of thioether (sulfide) groups is 1. The van der Waals surface area contributed by atoms with E-state index >= 15 is 0 Å². The van der Waals surface area contributed by atoms with Gasteiger partial charge in [0.05, 0.1) is 4.91 Å². The summed E-state index contributed by atoms with van der Waals surface area (Å²) in [7, 11) is 0. The molecule has 8 heteroatoms. The van der Waals surface area contributed by atoms with Gasteiger partial charge in [-0.05, 0) is 48.5 Å². The van der Waals surface area contributed by atoms with Crippen molar-refractivity contribution in [1.29, 1.82) is 0 Å². The average Bonchev–Trinajstić information content (AvgIpc) is 2.87. The summed E-state index contributed by atoms with van der Waals surface area (Å²) < 4.78 is 13.7. The fourth-order valence-corrected chi connectivity index (χ4v) is 3.43. The first-order valence-corrected chi connectivity index (χ1v) is 9.10. The largest absolute Gasteiger partial charge is 0.324 e. The van der Waals surface area contributed by atoms with Gasteiger partial charge in [-0.2, -0.15) is 0 Å². The van der Waals surface area contributed by atoms with Crippen LogP contribution in [0.15, 0.2) is 47.4 Å². The van der Waals surface area contributed by atoms with Crippen LogP contribution in [0.4, 0.5) is 14.9 Å². The van der Waals surface area contributed by atoms with Crippen molar-refractivity contribution in [2.75, 3.05) is 11.9 Å². The van der Waals surface area contributed by atoms with E-state index in [1.807, 2.05) is 0 Å². The topological polar surface area (TPSA) is 66.5 Å². The summed E-state index contributed by atoms with van der Waals surface area (Å²) in [6.07, 6.45) is 1.30. The van der Waals surface area contributed by atoms with Crippen LogP contribution in [-0.2, 0) is 9.59 Å². The Bertz CT molecular complexity index is 977. The molecule has 0 unspecified atom stereocenters. The van der Waals surface area contributed by atoms with Gasteiger partial charge in [0.15, 0.2) is 0 Å². The molecule has 5 nitrogen and oxygen atoms in total. The fourth-order valence-electron chi connectivity index (χ4n) is 2.43. The molecule has 0 aliphatic carbocycles. The van der Waals surface area contributed by atoms with Crippen LogP contribution in [0.5, 0.6) is 0 Å². The van der Waals surface area contributed by atoms with Crippen LogP contribution in [0.3, 0.4) is 0 Å². The Morgan fingerprint density at radius 1 is 1.26 bits per heavy atom. The Hall–Kier alpha value is -2.64. The van der Waals surface area contributed by atoms with Crippen LogP contribution in [0.25, 0.3) is 6.08 Å². The van der Waals surface area contributed by atoms with Gasteiger partial charge in [0, 0.05) is 16.3 Å². The minimum atomic E-state index is -0.633. The highest BCUT2D eigenvalue weighted by Crippen LogP contribution is 2.32. The van der Waals surface area contributed by atoms with E-state index in [0.29, 0.717) is 22.5 Å². The molecule has 1 aliphatic heterocycles. The first-order chi connectivity index (χ1) is 12.8. The number of nitrogens with zero attached hydrogens (tertiary/aromatic N) is 1. The molecule has 0 radical (unpaired) electrons. The minimum absolute atomic E-state index is 0.0665. The quantitative estimate of drug-likeness (QED) is 0.764. The first kappa shape index (κ1) is 19.1. The summed E-state index contributed by atoms with van der Waals surface area (Å²) in [5.41, 5.74) is 1.49. The van der Waals surface area contributed by atoms with E-state index < -0.39 is 29.4 Å². The monoisotopic (exact) mass is 404 g/mol. The van der Waals surface area contributed by atoms with Crippen LogP contribution in [0.2, 0.25) is 5.02 Å². The third-order valence-electron chi connectivity index (χ3n) is 3.84. The summed E-state index contributed by atoms with van der Waals surface area (Å²) in [6, 6.07) is 10.9. The number of benzene rings is 2. The number of aryl methyl sites for hydroxylation is 1. The summed E-state index contributed by atoms with van der Waals surface area (Å²) in [6.45, 7) is 1.36. The van der Waals surface area contributed by atoms with Crippen molar-refractivity contribution >= 4 is 52.2 Å². The highest BCUT2D eigenvalue weighted by molar-refractivity contribution is 8.18. The van der Waals surface area contributed by atoms with Gasteiger partial charge in [-0.15, -0.1) is 0 Å². The lowest BCUT2D eigenvalue weighted by Gasteiger charge is -2.13. The standard InChI is InChI=1S/C19H14ClFN2O3S/c1-11-6-7-13(20)9-15(11)22-17(24)10-23-18(25)16(27-19(23)26)8-12-4-2-3-5-14(12)21/h2-9H,10H2,1H3,(H,22,24)/b16-8+. The van der Waals surface area contributed by atoms with Gasteiger partial charge in [-0.1, -0.05) is 35.9 Å². The highest BCUT2D eigenvalue weighted by atomic mass is 35.5. The maximum atomic E-state index is 13.7. The molecule has 0 aromatic heterocycles. The Morgan fingerprint density at radius 2 is 2.00 bits per heavy atom. The van der Waals surface area contributed by atoms with Gasteiger partial charge in [0.25, 0.3) is 11.1 Å². The number of hydrogen-bond donors (Lipinski definition) is 1. The van der Waals surface area contributed by atoms with Gasteiger partial charge >= 0.3 is 0 Å². The number of carbonyl (C=O) groups is 3. The molecule has 2 aromatic carbocycles. The van der Waals surface area contributed by atoms with Gasteiger partial charge in [0.2, 0.25) is 5.91 Å². The summed E-state index contributed by atoms with van der Waals surface area (Å²) in [4.78, 5) is 37.7. The third-order valence-corrected chi connectivity index (χ3v) is 4.98. The van der Waals surface area contributed by atoms with Crippen molar-refractivity contribution in [3.05, 3.63) is 69.3 Å². The number of hydrogen-bond acceptors (Lipinski definition) is 4. The first-order valence-electron chi connectivity index (χ1n) is 7.91. The van der Waals surface area contributed by atoms with E-state index in [1.54, 1.807) is 31.2 Å². The Morgan fingerprint density at radius 3 is 2.74 bits per heavy atom. The summed E-state index contributed by atoms with van der Waals surface area (Å²) in [5, 5.41) is 2.51. The van der Waals surface area contributed by atoms with E-state index in [4.69, 9.17) is 11.6 Å². The maximum Gasteiger partial charge on any atom is 0.294 e. The molecular formula is C19H14ClFN2O3S. The van der Waals surface area contributed by atoms with Crippen LogP contribution < -0.4 is 5.32 Å². The SMILES string of the molecule is Cc1ccc(Cl)cc1NC(=O)CN1C(=O)S/C(=C/c2ccccc2F)C1=O. The Labute approximate surface area is 164 Å². The number of imide groups is 1. The van der Waals surface area contributed by atoms with Crippen LogP contribution in [0.1, 0.15) is 11.1 Å². The Kier molecular flexibility index (Phi) is 5.62. The van der Waals surface area contributed by atoms with E-state index in [1.165, 1.54) is 24.3 Å². The Balaban J connectivity index is 1.73. The number of anilines is 1. The molecule has 1 aliphatic rings. The zero-order valence-electron chi connectivity index (χ0n) is 14.2. The van der Waals surface area contributed by atoms with Gasteiger partial charge in [-0.3, -0.25) is 19.3 Å². The lowest BCUT2D eigenvalue weighted by Crippen LogP contribution is -2.36. The van der Waals surface area contributed by atoms with Gasteiger partial charge < -0.3 is 5.32 Å². The van der Waals surface area contributed by atoms with Crippen molar-refractivity contribution < 1.29 is 18.8 Å². The molecule has 138 valence electrons. The summed E-state index contributed by atoms with van der Waals surface area (Å²) in [5.74, 6) is -1.67. The smallest absolute Gasteiger partial charge is 0.294 e. The van der Waals surface area contributed by atoms with Gasteiger partial charge in [0.1, 0.15) is 12.4 Å². The molecule has 27 heavy (non-hydrogen) atoms. The molecular weight excluding hydrogens is 391 g/mol. The van der Waals surface area contributed by atoms with Crippen LogP contribution in [-0.4, -0.2) is 28.5 Å². The van der Waals surface area contributed by atoms with E-state index in [2.05, 4.69) is 5.32 Å². The molecule has 0 saturated carbocycles. The predicted molar refractivity (Wildman–Crippen MR) is 104 cm³/mol. The zero-order valence-corrected chi connectivity index (χ0v) is 15.7. The molecule has 3 amide bonds. The van der Waals surface area contributed by atoms with E-state index in [0.717, 1.165) is 10.5 Å².